The zero-order valence-electron chi connectivity index (χ0n) is 8.32. The molecular formula is C11H14ClNOS. The number of nitrogens with two attached hydrogens (primary N) is 1. The zero-order chi connectivity index (χ0) is 10.8. The van der Waals surface area contributed by atoms with Gasteiger partial charge in [-0.25, -0.2) is 0 Å². The van der Waals surface area contributed by atoms with Crippen molar-refractivity contribution in [2.24, 2.45) is 0 Å². The Morgan fingerprint density at radius 2 is 2.33 bits per heavy atom. The van der Waals surface area contributed by atoms with Crippen molar-refractivity contribution in [3.8, 4) is 0 Å². The van der Waals surface area contributed by atoms with E-state index in [1.165, 1.54) is 6.42 Å². The molecule has 82 valence electrons. The normalized spacial score (nSPS) is 22.9. The minimum absolute atomic E-state index is 0.269. The van der Waals surface area contributed by atoms with Crippen LogP contribution in [0.1, 0.15) is 24.5 Å². The number of hydrogen-bond acceptors (Lipinski definition) is 3. The van der Waals surface area contributed by atoms with E-state index in [0.717, 1.165) is 17.7 Å². The molecule has 2 unspecified atom stereocenters. The predicted molar refractivity (Wildman–Crippen MR) is 66.3 cm³/mol. The summed E-state index contributed by atoms with van der Waals surface area (Å²) in [6.07, 6.45) is 1.74. The van der Waals surface area contributed by atoms with Crippen molar-refractivity contribution >= 4 is 29.1 Å². The average Bonchev–Trinajstić information content (AvgIpc) is 2.74. The molecule has 1 heterocycles. The van der Waals surface area contributed by atoms with Gasteiger partial charge in [-0.05, 0) is 36.8 Å². The van der Waals surface area contributed by atoms with Crippen LogP contribution in [0.3, 0.4) is 0 Å². The molecule has 3 N–H and O–H groups in total. The molecule has 15 heavy (non-hydrogen) atoms. The van der Waals surface area contributed by atoms with Gasteiger partial charge in [-0.3, -0.25) is 0 Å². The van der Waals surface area contributed by atoms with Crippen molar-refractivity contribution in [1.82, 2.24) is 0 Å². The van der Waals surface area contributed by atoms with Crippen LogP contribution in [-0.2, 0) is 0 Å². The molecule has 1 fully saturated rings. The smallest absolute Gasteiger partial charge is 0.0928 e. The second-order valence-corrected chi connectivity index (χ2v) is 5.55. The Labute approximate surface area is 98.8 Å². The summed E-state index contributed by atoms with van der Waals surface area (Å²) in [7, 11) is 0. The van der Waals surface area contributed by atoms with Gasteiger partial charge >= 0.3 is 0 Å². The minimum Gasteiger partial charge on any atom is -0.398 e. The van der Waals surface area contributed by atoms with Crippen molar-refractivity contribution in [2.45, 2.75) is 24.2 Å². The Morgan fingerprint density at radius 3 is 3.00 bits per heavy atom. The van der Waals surface area contributed by atoms with Gasteiger partial charge in [0, 0.05) is 21.5 Å². The van der Waals surface area contributed by atoms with Crippen molar-refractivity contribution in [3.63, 3.8) is 0 Å². The standard InChI is InChI=1S/C11H14ClNOS/c12-7-3-4-9(13)8(6-7)11(14)10-2-1-5-15-10/h3-4,6,10-11,14H,1-2,5,13H2. The maximum atomic E-state index is 10.2. The van der Waals surface area contributed by atoms with E-state index in [9.17, 15) is 5.11 Å². The second kappa shape index (κ2) is 4.64. The molecule has 2 nitrogen and oxygen atoms in total. The summed E-state index contributed by atoms with van der Waals surface area (Å²) < 4.78 is 0. The fourth-order valence-corrected chi connectivity index (χ4v) is 3.33. The molecule has 2 rings (SSSR count). The molecule has 0 aromatic heterocycles. The highest BCUT2D eigenvalue weighted by molar-refractivity contribution is 8.00. The molecule has 2 atom stereocenters. The molecule has 1 saturated heterocycles. The molecule has 0 amide bonds. The molecule has 1 aliphatic rings. The van der Waals surface area contributed by atoms with E-state index in [2.05, 4.69) is 0 Å². The highest BCUT2D eigenvalue weighted by Crippen LogP contribution is 2.38. The van der Waals surface area contributed by atoms with Crippen LogP contribution in [0.5, 0.6) is 0 Å². The lowest BCUT2D eigenvalue weighted by Crippen LogP contribution is -2.13. The number of thioether (sulfide) groups is 1. The minimum atomic E-state index is -0.490. The van der Waals surface area contributed by atoms with E-state index in [0.29, 0.717) is 10.7 Å². The lowest BCUT2D eigenvalue weighted by Gasteiger charge is -2.19. The fraction of sp³-hybridized carbons (Fsp3) is 0.455. The second-order valence-electron chi connectivity index (χ2n) is 3.77. The Hall–Kier alpha value is -0.380. The third kappa shape index (κ3) is 2.41. The third-order valence-corrected chi connectivity index (χ3v) is 4.37. The third-order valence-electron chi connectivity index (χ3n) is 2.68. The van der Waals surface area contributed by atoms with Crippen LogP contribution >= 0.6 is 23.4 Å². The number of nitrogen functional groups attached to an aromatic ring is 1. The molecule has 1 aromatic rings. The van der Waals surface area contributed by atoms with Crippen LogP contribution in [0, 0.1) is 0 Å². The molecule has 1 aliphatic heterocycles. The monoisotopic (exact) mass is 243 g/mol. The largest absolute Gasteiger partial charge is 0.398 e. The van der Waals surface area contributed by atoms with E-state index >= 15 is 0 Å². The number of rotatable bonds is 2. The summed E-state index contributed by atoms with van der Waals surface area (Å²) >= 11 is 7.71. The maximum absolute atomic E-state index is 10.2. The Bertz CT molecular complexity index is 352. The van der Waals surface area contributed by atoms with E-state index < -0.39 is 6.10 Å². The molecule has 0 spiro atoms. The quantitative estimate of drug-likeness (QED) is 0.786. The SMILES string of the molecule is Nc1ccc(Cl)cc1C(O)C1CCCS1. The van der Waals surface area contributed by atoms with E-state index in [1.54, 1.807) is 18.2 Å². The van der Waals surface area contributed by atoms with Crippen LogP contribution in [-0.4, -0.2) is 16.1 Å². The number of hydrogen-bond donors (Lipinski definition) is 2. The zero-order valence-corrected chi connectivity index (χ0v) is 9.89. The van der Waals surface area contributed by atoms with Gasteiger partial charge in [0.25, 0.3) is 0 Å². The fourth-order valence-electron chi connectivity index (χ4n) is 1.85. The molecule has 0 saturated carbocycles. The first-order valence-electron chi connectivity index (χ1n) is 5.03. The summed E-state index contributed by atoms with van der Waals surface area (Å²) in [4.78, 5) is 0. The van der Waals surface area contributed by atoms with Gasteiger partial charge in [-0.1, -0.05) is 11.6 Å². The van der Waals surface area contributed by atoms with Gasteiger partial charge in [0.2, 0.25) is 0 Å². The first-order valence-corrected chi connectivity index (χ1v) is 6.46. The van der Waals surface area contributed by atoms with Gasteiger partial charge in [0.1, 0.15) is 0 Å². The summed E-state index contributed by atoms with van der Waals surface area (Å²) in [5, 5.41) is 11.1. The molecule has 0 aliphatic carbocycles. The Balaban J connectivity index is 2.23. The van der Waals surface area contributed by atoms with Gasteiger partial charge in [0.05, 0.1) is 6.10 Å². The number of aliphatic hydroxyl groups excluding tert-OH is 1. The number of halogens is 1. The van der Waals surface area contributed by atoms with E-state index in [-0.39, 0.29) is 5.25 Å². The van der Waals surface area contributed by atoms with Crippen LogP contribution < -0.4 is 5.73 Å². The van der Waals surface area contributed by atoms with Gasteiger partial charge in [-0.2, -0.15) is 11.8 Å². The van der Waals surface area contributed by atoms with Crippen molar-refractivity contribution in [3.05, 3.63) is 28.8 Å². The summed E-state index contributed by atoms with van der Waals surface area (Å²) in [5.41, 5.74) is 7.22. The first kappa shape index (κ1) is 11.1. The van der Waals surface area contributed by atoms with Crippen molar-refractivity contribution in [2.75, 3.05) is 11.5 Å². The number of aliphatic hydroxyl groups is 1. The molecule has 0 bridgehead atoms. The van der Waals surface area contributed by atoms with Crippen LogP contribution in [0.2, 0.25) is 5.02 Å². The van der Waals surface area contributed by atoms with Gasteiger partial charge < -0.3 is 10.8 Å². The highest BCUT2D eigenvalue weighted by Gasteiger charge is 2.26. The van der Waals surface area contributed by atoms with E-state index in [1.807, 2.05) is 11.8 Å². The van der Waals surface area contributed by atoms with E-state index in [4.69, 9.17) is 17.3 Å². The highest BCUT2D eigenvalue weighted by atomic mass is 35.5. The lowest BCUT2D eigenvalue weighted by molar-refractivity contribution is 0.174. The molecule has 1 aromatic carbocycles. The topological polar surface area (TPSA) is 46.2 Å². The first-order chi connectivity index (χ1) is 7.18. The molecular weight excluding hydrogens is 230 g/mol. The number of benzene rings is 1. The predicted octanol–water partition coefficient (Wildman–Crippen LogP) is 2.85. The average molecular weight is 244 g/mol. The molecule has 0 radical (unpaired) electrons. The Kier molecular flexibility index (Phi) is 3.44. The van der Waals surface area contributed by atoms with Gasteiger partial charge in [-0.15, -0.1) is 0 Å². The maximum Gasteiger partial charge on any atom is 0.0928 e. The lowest BCUT2D eigenvalue weighted by atomic mass is 10.0. The Morgan fingerprint density at radius 1 is 1.53 bits per heavy atom. The summed E-state index contributed by atoms with van der Waals surface area (Å²) in [6.45, 7) is 0. The van der Waals surface area contributed by atoms with Crippen LogP contribution in [0.4, 0.5) is 5.69 Å². The van der Waals surface area contributed by atoms with Crippen LogP contribution in [0.25, 0.3) is 0 Å². The van der Waals surface area contributed by atoms with Crippen molar-refractivity contribution < 1.29 is 5.11 Å². The summed E-state index contributed by atoms with van der Waals surface area (Å²) in [5.74, 6) is 1.13. The molecule has 4 heteroatoms. The van der Waals surface area contributed by atoms with Gasteiger partial charge in [0.15, 0.2) is 0 Å². The summed E-state index contributed by atoms with van der Waals surface area (Å²) in [6, 6.07) is 5.26. The van der Waals surface area contributed by atoms with Crippen LogP contribution in [0.15, 0.2) is 18.2 Å². The number of anilines is 1. The van der Waals surface area contributed by atoms with Crippen molar-refractivity contribution in [1.29, 1.82) is 0 Å².